The number of carbonyl (C=O) groups is 2. The lowest BCUT2D eigenvalue weighted by Crippen LogP contribution is -2.42. The number of hydrogen-bond donors (Lipinski definition) is 1. The highest BCUT2D eigenvalue weighted by Crippen LogP contribution is 2.32. The number of aryl methyl sites for hydroxylation is 2. The molecule has 0 radical (unpaired) electrons. The van der Waals surface area contributed by atoms with Crippen LogP contribution in [-0.2, 0) is 4.79 Å². The van der Waals surface area contributed by atoms with Gasteiger partial charge in [-0.3, -0.25) is 19.5 Å². The Labute approximate surface area is 201 Å². The van der Waals surface area contributed by atoms with Gasteiger partial charge in [0, 0.05) is 23.8 Å². The minimum atomic E-state index is -1.20. The molecule has 1 N–H and O–H groups in total. The Morgan fingerprint density at radius 1 is 0.857 bits per heavy atom. The van der Waals surface area contributed by atoms with Gasteiger partial charge >= 0.3 is 0 Å². The van der Waals surface area contributed by atoms with Crippen LogP contribution in [0.15, 0.2) is 85.3 Å². The molecule has 0 saturated carbocycles. The largest absolute Gasteiger partial charge is 0.324 e. The molecule has 1 unspecified atom stereocenters. The van der Waals surface area contributed by atoms with E-state index in [1.54, 1.807) is 12.1 Å². The molecule has 1 aromatic heterocycles. The first-order chi connectivity index (χ1) is 16.8. The first kappa shape index (κ1) is 23.7. The average Bonchev–Trinajstić information content (AvgIpc) is 2.86. The number of anilines is 2. The molecule has 1 atom stereocenters. The predicted molar refractivity (Wildman–Crippen MR) is 129 cm³/mol. The minimum Gasteiger partial charge on any atom is -0.324 e. The maximum atomic E-state index is 13.7. The van der Waals surface area contributed by atoms with Crippen molar-refractivity contribution in [3.63, 3.8) is 0 Å². The summed E-state index contributed by atoms with van der Waals surface area (Å²) in [4.78, 5) is 36.8. The van der Waals surface area contributed by atoms with Gasteiger partial charge in [0.1, 0.15) is 23.4 Å². The summed E-state index contributed by atoms with van der Waals surface area (Å²) in [6, 6.07) is 14.8. The molecule has 0 aliphatic rings. The Bertz CT molecular complexity index is 1340. The van der Waals surface area contributed by atoms with Gasteiger partial charge in [-0.05, 0) is 79.1 Å². The molecule has 0 fully saturated rings. The molecule has 0 aliphatic carbocycles. The minimum absolute atomic E-state index is 0.0346. The molecule has 4 rings (SSSR count). The summed E-state index contributed by atoms with van der Waals surface area (Å²) >= 11 is 0. The van der Waals surface area contributed by atoms with Gasteiger partial charge in [0.25, 0.3) is 11.8 Å². The van der Waals surface area contributed by atoms with E-state index in [0.717, 1.165) is 11.1 Å². The third-order valence-electron chi connectivity index (χ3n) is 5.57. The van der Waals surface area contributed by atoms with Gasteiger partial charge in [-0.15, -0.1) is 0 Å². The monoisotopic (exact) mass is 472 g/mol. The van der Waals surface area contributed by atoms with Crippen molar-refractivity contribution >= 4 is 23.2 Å². The number of nitrogens with one attached hydrogen (secondary N) is 1. The van der Waals surface area contributed by atoms with E-state index in [4.69, 9.17) is 0 Å². The van der Waals surface area contributed by atoms with Crippen molar-refractivity contribution in [2.75, 3.05) is 10.2 Å². The van der Waals surface area contributed by atoms with Gasteiger partial charge in [0.2, 0.25) is 0 Å². The van der Waals surface area contributed by atoms with Gasteiger partial charge in [0.05, 0.1) is 6.20 Å². The maximum Gasteiger partial charge on any atom is 0.279 e. The average molecular weight is 472 g/mol. The van der Waals surface area contributed by atoms with Crippen molar-refractivity contribution < 1.29 is 18.4 Å². The molecule has 6 nitrogen and oxygen atoms in total. The van der Waals surface area contributed by atoms with Crippen molar-refractivity contribution in [2.45, 2.75) is 19.9 Å². The number of benzene rings is 3. The molecule has 0 saturated heterocycles. The van der Waals surface area contributed by atoms with Gasteiger partial charge < -0.3 is 5.32 Å². The van der Waals surface area contributed by atoms with E-state index in [2.05, 4.69) is 15.3 Å². The van der Waals surface area contributed by atoms with E-state index in [1.807, 2.05) is 19.9 Å². The fourth-order valence-corrected chi connectivity index (χ4v) is 3.60. The normalized spacial score (nSPS) is 11.5. The summed E-state index contributed by atoms with van der Waals surface area (Å²) in [6.45, 7) is 3.84. The lowest BCUT2D eigenvalue weighted by atomic mass is 10.0. The van der Waals surface area contributed by atoms with E-state index in [9.17, 15) is 18.4 Å². The molecule has 1 heterocycles. The van der Waals surface area contributed by atoms with E-state index >= 15 is 0 Å². The first-order valence-corrected chi connectivity index (χ1v) is 10.8. The Balaban J connectivity index is 1.86. The summed E-state index contributed by atoms with van der Waals surface area (Å²) in [6.07, 6.45) is 4.14. The van der Waals surface area contributed by atoms with Crippen LogP contribution in [0.4, 0.5) is 20.2 Å². The highest BCUT2D eigenvalue weighted by Gasteiger charge is 2.34. The Morgan fingerprint density at radius 2 is 1.51 bits per heavy atom. The van der Waals surface area contributed by atoms with E-state index in [1.165, 1.54) is 72.0 Å². The highest BCUT2D eigenvalue weighted by atomic mass is 19.1. The van der Waals surface area contributed by atoms with Gasteiger partial charge in [-0.25, -0.2) is 13.8 Å². The molecular weight excluding hydrogens is 450 g/mol. The molecule has 0 bridgehead atoms. The molecule has 35 heavy (non-hydrogen) atoms. The van der Waals surface area contributed by atoms with Crippen molar-refractivity contribution in [1.29, 1.82) is 0 Å². The van der Waals surface area contributed by atoms with Crippen molar-refractivity contribution in [3.8, 4) is 0 Å². The Morgan fingerprint density at radius 3 is 2.11 bits per heavy atom. The number of carbonyl (C=O) groups excluding carboxylic acids is 2. The molecule has 0 aliphatic heterocycles. The highest BCUT2D eigenvalue weighted by molar-refractivity contribution is 6.11. The molecule has 3 aromatic carbocycles. The number of halogens is 2. The van der Waals surface area contributed by atoms with Crippen LogP contribution in [-0.4, -0.2) is 21.8 Å². The maximum absolute atomic E-state index is 13.7. The topological polar surface area (TPSA) is 75.2 Å². The van der Waals surface area contributed by atoms with E-state index in [0.29, 0.717) is 16.9 Å². The van der Waals surface area contributed by atoms with Crippen LogP contribution in [0, 0.1) is 25.5 Å². The quantitative estimate of drug-likeness (QED) is 0.408. The molecule has 8 heteroatoms. The van der Waals surface area contributed by atoms with Crippen LogP contribution in [0.2, 0.25) is 0 Å². The van der Waals surface area contributed by atoms with E-state index < -0.39 is 29.5 Å². The number of amides is 2. The van der Waals surface area contributed by atoms with Gasteiger partial charge in [-0.2, -0.15) is 0 Å². The summed E-state index contributed by atoms with van der Waals surface area (Å²) in [5, 5.41) is 2.74. The summed E-state index contributed by atoms with van der Waals surface area (Å²) in [5.41, 5.74) is 3.13. The second kappa shape index (κ2) is 10.2. The van der Waals surface area contributed by atoms with Crippen molar-refractivity contribution in [3.05, 3.63) is 119 Å². The van der Waals surface area contributed by atoms with Crippen LogP contribution < -0.4 is 10.2 Å². The molecular formula is C27H22F2N4O2. The van der Waals surface area contributed by atoms with Crippen LogP contribution in [0.3, 0.4) is 0 Å². The number of hydrogen-bond acceptors (Lipinski definition) is 4. The second-order valence-corrected chi connectivity index (χ2v) is 7.98. The molecule has 4 aromatic rings. The van der Waals surface area contributed by atoms with Crippen LogP contribution in [0.1, 0.15) is 33.2 Å². The third-order valence-corrected chi connectivity index (χ3v) is 5.57. The predicted octanol–water partition coefficient (Wildman–Crippen LogP) is 5.40. The number of nitrogens with zero attached hydrogens (tertiary/aromatic N) is 3. The standard InChI is InChI=1S/C27H22F2N4O2/c1-17-3-12-23(15-18(17)2)33(27(35)24-16-30-13-14-31-24)25(19-4-6-20(28)7-5-19)26(34)32-22-10-8-21(29)9-11-22/h3-16,25H,1-2H3,(H,32,34). The summed E-state index contributed by atoms with van der Waals surface area (Å²) in [5.74, 6) is -2.07. The van der Waals surface area contributed by atoms with Crippen LogP contribution in [0.5, 0.6) is 0 Å². The molecule has 176 valence electrons. The van der Waals surface area contributed by atoms with Crippen LogP contribution in [0.25, 0.3) is 0 Å². The molecule has 0 spiro atoms. The van der Waals surface area contributed by atoms with Gasteiger partial charge in [-0.1, -0.05) is 18.2 Å². The van der Waals surface area contributed by atoms with Gasteiger partial charge in [0.15, 0.2) is 0 Å². The lowest BCUT2D eigenvalue weighted by molar-refractivity contribution is -0.117. The Kier molecular flexibility index (Phi) is 6.91. The fourth-order valence-electron chi connectivity index (χ4n) is 3.60. The van der Waals surface area contributed by atoms with Crippen molar-refractivity contribution in [2.24, 2.45) is 0 Å². The zero-order chi connectivity index (χ0) is 24.9. The number of aromatic nitrogens is 2. The lowest BCUT2D eigenvalue weighted by Gasteiger charge is -2.31. The van der Waals surface area contributed by atoms with Crippen LogP contribution >= 0.6 is 0 Å². The molecule has 2 amide bonds. The zero-order valence-corrected chi connectivity index (χ0v) is 19.1. The smallest absolute Gasteiger partial charge is 0.279 e. The SMILES string of the molecule is Cc1ccc(N(C(=O)c2cnccn2)C(C(=O)Nc2ccc(F)cc2)c2ccc(F)cc2)cc1C. The Hall–Kier alpha value is -4.46. The third kappa shape index (κ3) is 5.38. The zero-order valence-electron chi connectivity index (χ0n) is 19.1. The second-order valence-electron chi connectivity index (χ2n) is 7.98. The summed E-state index contributed by atoms with van der Waals surface area (Å²) in [7, 11) is 0. The number of rotatable bonds is 6. The summed E-state index contributed by atoms with van der Waals surface area (Å²) < 4.78 is 27.1. The van der Waals surface area contributed by atoms with E-state index in [-0.39, 0.29) is 5.69 Å². The van der Waals surface area contributed by atoms with Crippen molar-refractivity contribution in [1.82, 2.24) is 9.97 Å². The fraction of sp³-hybridized carbons (Fsp3) is 0.111. The first-order valence-electron chi connectivity index (χ1n) is 10.8.